The molecule has 0 N–H and O–H groups in total. The Hall–Kier alpha value is -2.99. The molecule has 0 spiro atoms. The van der Waals surface area contributed by atoms with E-state index in [9.17, 15) is 0 Å². The molecule has 0 atom stereocenters. The maximum absolute atomic E-state index is 5.94. The fourth-order valence-corrected chi connectivity index (χ4v) is 12.1. The summed E-state index contributed by atoms with van der Waals surface area (Å²) in [7, 11) is 11.1. The second-order valence-corrected chi connectivity index (χ2v) is 14.6. The van der Waals surface area contributed by atoms with Crippen LogP contribution >= 0.6 is 0 Å². The first kappa shape index (κ1) is 47.0. The predicted molar refractivity (Wildman–Crippen MR) is 184 cm³/mol. The number of halogens is 3. The van der Waals surface area contributed by atoms with E-state index in [1.165, 1.54) is 27.4 Å². The van der Waals surface area contributed by atoms with Gasteiger partial charge in [0.15, 0.2) is 42.6 Å². The average molecular weight is 804 g/mol. The van der Waals surface area contributed by atoms with E-state index in [0.717, 1.165) is 15.6 Å². The molecular weight excluding hydrogens is 759 g/mol. The molecule has 0 fully saturated rings. The molecule has 0 aromatic heterocycles. The van der Waals surface area contributed by atoms with Crippen molar-refractivity contribution >= 4 is 28.8 Å². The number of hydrogen-bond acceptors (Lipinski definition) is 9. The van der Waals surface area contributed by atoms with Crippen molar-refractivity contribution in [3.05, 3.63) is 58.7 Å². The standard InChI is InChI=1S/C36H45O9Si.3ClH.Ti/c1-20-21(2)23(4)36(22(20)3)46(24-14-27(37-5)33(43-11)28(15-24)38-6,25-16-29(39-7)34(44-12)30(17-25)40-8)26-18-31(41-9)35(45-13)32(19-26)42-10;;;;/h14-19H,1-13H3;3*1H;/q-1;;;;+4/p-3. The third-order valence-electron chi connectivity index (χ3n) is 9.11. The van der Waals surface area contributed by atoms with Crippen LogP contribution in [0.1, 0.15) is 22.3 Å². The van der Waals surface area contributed by atoms with E-state index < -0.39 is 8.07 Å². The quantitative estimate of drug-likeness (QED) is 0.0752. The Kier molecular flexibility index (Phi) is 18.4. The summed E-state index contributed by atoms with van der Waals surface area (Å²) in [5.74, 6) is 4.67. The van der Waals surface area contributed by atoms with Crippen LogP contribution in [-0.2, 0) is 21.7 Å². The number of ether oxygens (including phenoxy) is 9. The molecule has 0 aliphatic carbocycles. The SMILES string of the molecule is COc1cc([Si](c2cc(OC)c(OC)c(OC)c2)(c2cc(OC)c(OC)c(OC)c2)c2c(C)c(C)c(C)[c-]2C)cc(OC)c1OC.[Cl-].[Cl-].[Cl-].[Ti+4]. The maximum Gasteiger partial charge on any atom is 4.00 e. The summed E-state index contributed by atoms with van der Waals surface area (Å²) in [4.78, 5) is 0. The Balaban J connectivity index is 0.00000600. The maximum atomic E-state index is 5.94. The van der Waals surface area contributed by atoms with Crippen LogP contribution in [0.5, 0.6) is 51.7 Å². The topological polar surface area (TPSA) is 83.1 Å². The summed E-state index contributed by atoms with van der Waals surface area (Å²) >= 11 is 0. The molecule has 0 saturated carbocycles. The third-order valence-corrected chi connectivity index (χ3v) is 14.1. The van der Waals surface area contributed by atoms with Crippen molar-refractivity contribution < 1.29 is 102 Å². The van der Waals surface area contributed by atoms with E-state index in [2.05, 4.69) is 27.7 Å². The van der Waals surface area contributed by atoms with Crippen molar-refractivity contribution in [2.24, 2.45) is 0 Å². The largest absolute Gasteiger partial charge is 4.00 e. The van der Waals surface area contributed by atoms with Crippen molar-refractivity contribution in [2.75, 3.05) is 64.0 Å². The molecule has 0 unspecified atom stereocenters. The van der Waals surface area contributed by atoms with Gasteiger partial charge < -0.3 is 79.9 Å². The molecule has 0 amide bonds. The van der Waals surface area contributed by atoms with E-state index in [-0.39, 0.29) is 58.9 Å². The predicted octanol–water partition coefficient (Wildman–Crippen LogP) is -4.90. The van der Waals surface area contributed by atoms with Crippen molar-refractivity contribution in [1.29, 1.82) is 0 Å². The molecule has 4 rings (SSSR count). The zero-order valence-corrected chi connectivity index (χ0v) is 35.6. The average Bonchev–Trinajstić information content (AvgIpc) is 3.28. The van der Waals surface area contributed by atoms with Crippen molar-refractivity contribution in [3.8, 4) is 51.7 Å². The normalized spacial score (nSPS) is 10.3. The smallest absolute Gasteiger partial charge is 1.00 e. The van der Waals surface area contributed by atoms with Crippen molar-refractivity contribution in [1.82, 2.24) is 0 Å². The van der Waals surface area contributed by atoms with Gasteiger partial charge in [-0.05, 0) is 52.0 Å². The van der Waals surface area contributed by atoms with E-state index in [1.54, 1.807) is 64.0 Å². The molecule has 4 aromatic carbocycles. The molecule has 0 aliphatic heterocycles. The van der Waals surface area contributed by atoms with Gasteiger partial charge in [0.05, 0.1) is 64.0 Å². The number of rotatable bonds is 13. The van der Waals surface area contributed by atoms with Crippen molar-refractivity contribution in [2.45, 2.75) is 27.7 Å². The molecule has 0 radical (unpaired) electrons. The second kappa shape index (κ2) is 19.6. The first-order valence-corrected chi connectivity index (χ1v) is 16.7. The Labute approximate surface area is 330 Å². The number of methoxy groups -OCH3 is 9. The molecular formula is C36H45Cl3O9SiTi. The van der Waals surface area contributed by atoms with E-state index >= 15 is 0 Å². The summed E-state index contributed by atoms with van der Waals surface area (Å²) in [6.07, 6.45) is 0. The van der Waals surface area contributed by atoms with Gasteiger partial charge in [0.2, 0.25) is 17.2 Å². The summed E-state index contributed by atoms with van der Waals surface area (Å²) in [5.41, 5.74) is 4.80. The molecule has 0 saturated heterocycles. The minimum absolute atomic E-state index is 0. The van der Waals surface area contributed by atoms with Crippen LogP contribution < -0.4 is 101 Å². The minimum atomic E-state index is -3.44. The van der Waals surface area contributed by atoms with E-state index in [1.807, 2.05) is 36.4 Å². The van der Waals surface area contributed by atoms with Crippen LogP contribution in [0, 0.1) is 27.7 Å². The summed E-state index contributed by atoms with van der Waals surface area (Å²) in [5, 5.41) is 4.07. The van der Waals surface area contributed by atoms with Crippen LogP contribution in [0.4, 0.5) is 0 Å². The molecule has 0 heterocycles. The van der Waals surface area contributed by atoms with Crippen LogP contribution in [-0.4, -0.2) is 72.1 Å². The molecule has 272 valence electrons. The van der Waals surface area contributed by atoms with Gasteiger partial charge in [-0.15, -0.1) is 0 Å². The van der Waals surface area contributed by atoms with E-state index in [0.29, 0.717) is 51.7 Å². The van der Waals surface area contributed by atoms with E-state index in [4.69, 9.17) is 42.6 Å². The molecule has 0 aliphatic rings. The summed E-state index contributed by atoms with van der Waals surface area (Å²) in [6, 6.07) is 12.2. The zero-order chi connectivity index (χ0) is 33.9. The minimum Gasteiger partial charge on any atom is -1.00 e. The molecule has 4 aromatic rings. The Morgan fingerprint density at radius 3 is 0.820 bits per heavy atom. The monoisotopic (exact) mass is 802 g/mol. The Morgan fingerprint density at radius 2 is 0.660 bits per heavy atom. The second-order valence-electron chi connectivity index (χ2n) is 10.9. The molecule has 14 heteroatoms. The summed E-state index contributed by atoms with van der Waals surface area (Å²) < 4.78 is 53.0. The van der Waals surface area contributed by atoms with Gasteiger partial charge in [-0.3, -0.25) is 0 Å². The first-order chi connectivity index (χ1) is 22.1. The Bertz CT molecular complexity index is 1490. The summed E-state index contributed by atoms with van der Waals surface area (Å²) in [6.45, 7) is 8.69. The fourth-order valence-electron chi connectivity index (χ4n) is 6.61. The van der Waals surface area contributed by atoms with Crippen LogP contribution in [0.25, 0.3) is 0 Å². The third kappa shape index (κ3) is 7.61. The first-order valence-electron chi connectivity index (χ1n) is 14.7. The van der Waals surface area contributed by atoms with Crippen LogP contribution in [0.3, 0.4) is 0 Å². The number of hydrogen-bond donors (Lipinski definition) is 0. The zero-order valence-electron chi connectivity index (χ0n) is 30.8. The van der Waals surface area contributed by atoms with Crippen LogP contribution in [0.15, 0.2) is 36.4 Å². The molecule has 50 heavy (non-hydrogen) atoms. The van der Waals surface area contributed by atoms with Gasteiger partial charge in [-0.1, -0.05) is 27.7 Å². The van der Waals surface area contributed by atoms with Gasteiger partial charge >= 0.3 is 21.7 Å². The van der Waals surface area contributed by atoms with Crippen LogP contribution in [0.2, 0.25) is 0 Å². The number of benzene rings is 3. The Morgan fingerprint density at radius 1 is 0.420 bits per heavy atom. The fraction of sp³-hybridized carbons (Fsp3) is 0.361. The molecule has 9 nitrogen and oxygen atoms in total. The van der Waals surface area contributed by atoms with Gasteiger partial charge in [0.1, 0.15) is 0 Å². The molecule has 0 bridgehead atoms. The van der Waals surface area contributed by atoms with Gasteiger partial charge in [-0.2, -0.15) is 27.4 Å². The van der Waals surface area contributed by atoms with Gasteiger partial charge in [0.25, 0.3) is 0 Å². The van der Waals surface area contributed by atoms with Crippen molar-refractivity contribution in [3.63, 3.8) is 0 Å². The van der Waals surface area contributed by atoms with Gasteiger partial charge in [0, 0.05) is 0 Å². The van der Waals surface area contributed by atoms with Gasteiger partial charge in [-0.25, -0.2) is 0 Å².